The molecule has 28 heavy (non-hydrogen) atoms. The number of carbonyl (C=O) groups excluding carboxylic acids is 1. The first-order valence-corrected chi connectivity index (χ1v) is 10.7. The summed E-state index contributed by atoms with van der Waals surface area (Å²) in [5, 5.41) is 11.0. The third-order valence-corrected chi connectivity index (χ3v) is 6.66. The van der Waals surface area contributed by atoms with Crippen LogP contribution in [0, 0.1) is 0 Å². The van der Waals surface area contributed by atoms with Gasteiger partial charge in [-0.3, -0.25) is 10.1 Å². The Bertz CT molecular complexity index is 928. The lowest BCUT2D eigenvalue weighted by molar-refractivity contribution is 0.180. The Balaban J connectivity index is 1.28. The average molecular weight is 401 g/mol. The number of fused-ring (bicyclic) bond motifs is 1. The summed E-state index contributed by atoms with van der Waals surface area (Å²) in [6.45, 7) is 0.714. The standard InChI is InChI=1S/C19H23N5O3S/c25-17-8-7-12(11-5-6-11)23-24(17)15-10-27-9-14(15)20-18(26)22-19-21-13-3-1-2-4-16(13)28-19/h7-8,11,14-15H,1-6,9-10H2,(H2,20,21,22,26). The zero-order chi connectivity index (χ0) is 19.1. The van der Waals surface area contributed by atoms with Crippen LogP contribution in [0.15, 0.2) is 16.9 Å². The van der Waals surface area contributed by atoms with E-state index in [2.05, 4.69) is 20.7 Å². The van der Waals surface area contributed by atoms with Crippen LogP contribution >= 0.6 is 11.3 Å². The molecule has 9 heteroatoms. The summed E-state index contributed by atoms with van der Waals surface area (Å²) < 4.78 is 7.04. The van der Waals surface area contributed by atoms with Gasteiger partial charge in [-0.15, -0.1) is 11.3 Å². The quantitative estimate of drug-likeness (QED) is 0.819. The van der Waals surface area contributed by atoms with Gasteiger partial charge in [-0.05, 0) is 44.6 Å². The Morgan fingerprint density at radius 3 is 2.89 bits per heavy atom. The smallest absolute Gasteiger partial charge is 0.321 e. The summed E-state index contributed by atoms with van der Waals surface area (Å²) in [6.07, 6.45) is 6.61. The minimum Gasteiger partial charge on any atom is -0.377 e. The van der Waals surface area contributed by atoms with Crippen LogP contribution in [-0.2, 0) is 17.6 Å². The molecule has 148 valence electrons. The van der Waals surface area contributed by atoms with E-state index in [0.717, 1.165) is 43.5 Å². The van der Waals surface area contributed by atoms with Crippen LogP contribution in [0.5, 0.6) is 0 Å². The van der Waals surface area contributed by atoms with E-state index >= 15 is 0 Å². The van der Waals surface area contributed by atoms with Crippen molar-refractivity contribution < 1.29 is 9.53 Å². The predicted molar refractivity (Wildman–Crippen MR) is 105 cm³/mol. The molecule has 0 aromatic carbocycles. The van der Waals surface area contributed by atoms with Crippen molar-refractivity contribution in [2.75, 3.05) is 18.5 Å². The largest absolute Gasteiger partial charge is 0.377 e. The molecule has 2 unspecified atom stereocenters. The summed E-state index contributed by atoms with van der Waals surface area (Å²) >= 11 is 1.55. The van der Waals surface area contributed by atoms with Gasteiger partial charge in [0, 0.05) is 16.9 Å². The summed E-state index contributed by atoms with van der Waals surface area (Å²) in [7, 11) is 0. The number of hydrogen-bond donors (Lipinski definition) is 2. The summed E-state index contributed by atoms with van der Waals surface area (Å²) in [4.78, 5) is 30.7. The average Bonchev–Trinajstić information content (AvgIpc) is 3.30. The number of nitrogens with one attached hydrogen (secondary N) is 2. The lowest BCUT2D eigenvalue weighted by atomic mass is 10.0. The molecule has 3 heterocycles. The molecule has 2 aliphatic carbocycles. The number of amides is 2. The molecule has 2 N–H and O–H groups in total. The molecule has 1 aliphatic heterocycles. The highest BCUT2D eigenvalue weighted by Crippen LogP contribution is 2.38. The molecule has 0 radical (unpaired) electrons. The van der Waals surface area contributed by atoms with Gasteiger partial charge in [-0.1, -0.05) is 0 Å². The predicted octanol–water partition coefficient (Wildman–Crippen LogP) is 2.22. The van der Waals surface area contributed by atoms with Gasteiger partial charge in [-0.25, -0.2) is 14.5 Å². The van der Waals surface area contributed by atoms with Crippen molar-refractivity contribution >= 4 is 22.5 Å². The first kappa shape index (κ1) is 17.8. The number of anilines is 1. The fourth-order valence-corrected chi connectivity index (χ4v) is 4.95. The zero-order valence-electron chi connectivity index (χ0n) is 15.5. The van der Waals surface area contributed by atoms with Gasteiger partial charge in [0.05, 0.1) is 30.6 Å². The molecule has 2 atom stereocenters. The Labute approximate surface area is 166 Å². The van der Waals surface area contributed by atoms with Gasteiger partial charge < -0.3 is 10.1 Å². The van der Waals surface area contributed by atoms with Crippen molar-refractivity contribution in [3.05, 3.63) is 38.8 Å². The molecule has 3 aliphatic rings. The van der Waals surface area contributed by atoms with Crippen LogP contribution in [0.2, 0.25) is 0 Å². The van der Waals surface area contributed by atoms with Crippen LogP contribution in [0.3, 0.4) is 0 Å². The van der Waals surface area contributed by atoms with Gasteiger partial charge in [0.1, 0.15) is 6.04 Å². The maximum absolute atomic E-state index is 12.5. The number of nitrogens with zero attached hydrogens (tertiary/aromatic N) is 3. The van der Waals surface area contributed by atoms with Crippen LogP contribution in [0.1, 0.15) is 53.9 Å². The van der Waals surface area contributed by atoms with Crippen molar-refractivity contribution in [1.29, 1.82) is 0 Å². The molecular weight excluding hydrogens is 378 g/mol. The van der Waals surface area contributed by atoms with E-state index in [1.54, 1.807) is 17.4 Å². The first-order chi connectivity index (χ1) is 13.7. The normalized spacial score (nSPS) is 24.0. The van der Waals surface area contributed by atoms with Crippen molar-refractivity contribution in [3.8, 4) is 0 Å². The van der Waals surface area contributed by atoms with E-state index in [4.69, 9.17) is 4.74 Å². The fraction of sp³-hybridized carbons (Fsp3) is 0.579. The second-order valence-electron chi connectivity index (χ2n) is 7.72. The molecule has 1 saturated carbocycles. The number of ether oxygens (including phenoxy) is 1. The Hall–Kier alpha value is -2.26. The van der Waals surface area contributed by atoms with Crippen LogP contribution in [-0.4, -0.2) is 40.1 Å². The summed E-state index contributed by atoms with van der Waals surface area (Å²) in [5.41, 5.74) is 1.89. The maximum atomic E-state index is 12.5. The second kappa shape index (κ2) is 7.29. The van der Waals surface area contributed by atoms with Gasteiger partial charge in [0.15, 0.2) is 5.13 Å². The lowest BCUT2D eigenvalue weighted by Crippen LogP contribution is -2.45. The van der Waals surface area contributed by atoms with E-state index < -0.39 is 0 Å². The van der Waals surface area contributed by atoms with E-state index in [1.807, 2.05) is 6.07 Å². The molecule has 2 amide bonds. The Morgan fingerprint density at radius 2 is 2.07 bits per heavy atom. The van der Waals surface area contributed by atoms with Gasteiger partial charge >= 0.3 is 6.03 Å². The molecule has 2 aromatic heterocycles. The lowest BCUT2D eigenvalue weighted by Gasteiger charge is -2.20. The molecule has 1 saturated heterocycles. The SMILES string of the molecule is O=C(Nc1nc2c(s1)CCCC2)NC1COCC1n1nc(C2CC2)ccc1=O. The van der Waals surface area contributed by atoms with Crippen molar-refractivity contribution in [1.82, 2.24) is 20.1 Å². The number of aromatic nitrogens is 3. The highest BCUT2D eigenvalue weighted by atomic mass is 32.1. The molecule has 5 rings (SSSR count). The van der Waals surface area contributed by atoms with E-state index in [0.29, 0.717) is 24.3 Å². The molecule has 2 aromatic rings. The van der Waals surface area contributed by atoms with Gasteiger partial charge in [0.25, 0.3) is 5.56 Å². The Kier molecular flexibility index (Phi) is 4.64. The first-order valence-electron chi connectivity index (χ1n) is 9.91. The number of urea groups is 1. The van der Waals surface area contributed by atoms with Crippen molar-refractivity contribution in [2.24, 2.45) is 0 Å². The molecule has 2 fully saturated rings. The highest BCUT2D eigenvalue weighted by Gasteiger charge is 2.34. The molecule has 0 spiro atoms. The molecule has 8 nitrogen and oxygen atoms in total. The van der Waals surface area contributed by atoms with E-state index in [-0.39, 0.29) is 23.7 Å². The fourth-order valence-electron chi connectivity index (χ4n) is 3.90. The number of carbonyl (C=O) groups is 1. The number of aryl methyl sites for hydroxylation is 2. The molecule has 0 bridgehead atoms. The topological polar surface area (TPSA) is 98.1 Å². The molecular formula is C19H23N5O3S. The third-order valence-electron chi connectivity index (χ3n) is 5.59. The maximum Gasteiger partial charge on any atom is 0.321 e. The summed E-state index contributed by atoms with van der Waals surface area (Å²) in [6, 6.07) is 2.44. The monoisotopic (exact) mass is 401 g/mol. The van der Waals surface area contributed by atoms with E-state index in [9.17, 15) is 9.59 Å². The van der Waals surface area contributed by atoms with Crippen molar-refractivity contribution in [2.45, 2.75) is 56.5 Å². The van der Waals surface area contributed by atoms with Gasteiger partial charge in [-0.2, -0.15) is 5.10 Å². The number of rotatable bonds is 4. The minimum atomic E-state index is -0.321. The van der Waals surface area contributed by atoms with E-state index in [1.165, 1.54) is 16.0 Å². The third kappa shape index (κ3) is 3.56. The van der Waals surface area contributed by atoms with Crippen molar-refractivity contribution in [3.63, 3.8) is 0 Å². The summed E-state index contributed by atoms with van der Waals surface area (Å²) in [5.74, 6) is 0.458. The zero-order valence-corrected chi connectivity index (χ0v) is 16.3. The number of hydrogen-bond acceptors (Lipinski definition) is 6. The Morgan fingerprint density at radius 1 is 1.21 bits per heavy atom. The van der Waals surface area contributed by atoms with Crippen LogP contribution < -0.4 is 16.2 Å². The second-order valence-corrected chi connectivity index (χ2v) is 8.80. The number of thiazole rings is 1. The minimum absolute atomic E-state index is 0.167. The van der Waals surface area contributed by atoms with Gasteiger partial charge in [0.2, 0.25) is 0 Å². The van der Waals surface area contributed by atoms with Crippen LogP contribution in [0.25, 0.3) is 0 Å². The highest BCUT2D eigenvalue weighted by molar-refractivity contribution is 7.15. The van der Waals surface area contributed by atoms with Crippen LogP contribution in [0.4, 0.5) is 9.93 Å².